The largest absolute Gasteiger partial charge is 0.496 e. The van der Waals surface area contributed by atoms with E-state index in [4.69, 9.17) is 4.74 Å². The quantitative estimate of drug-likeness (QED) is 0.719. The van der Waals surface area contributed by atoms with E-state index < -0.39 is 0 Å². The number of methoxy groups -OCH3 is 1. The van der Waals surface area contributed by atoms with Gasteiger partial charge in [0.1, 0.15) is 5.75 Å². The maximum Gasteiger partial charge on any atom is 0.130 e. The third-order valence-electron chi connectivity index (χ3n) is 3.68. The average Bonchev–Trinajstić information content (AvgIpc) is 2.48. The van der Waals surface area contributed by atoms with Crippen molar-refractivity contribution in [3.05, 3.63) is 77.5 Å². The molecule has 0 atom stereocenters. The number of hydrogen-bond acceptors (Lipinski definition) is 1. The van der Waals surface area contributed by atoms with Gasteiger partial charge in [-0.05, 0) is 11.6 Å². The van der Waals surface area contributed by atoms with Gasteiger partial charge in [-0.1, -0.05) is 69.0 Å². The Morgan fingerprint density at radius 2 is 1.75 bits per heavy atom. The highest BCUT2D eigenvalue weighted by Gasteiger charge is 2.27. The number of rotatable bonds is 4. The number of para-hydroxylation sites is 1. The monoisotopic (exact) mass is 264 g/mol. The van der Waals surface area contributed by atoms with Gasteiger partial charge in [-0.15, -0.1) is 5.73 Å². The van der Waals surface area contributed by atoms with Crippen molar-refractivity contribution < 1.29 is 4.74 Å². The van der Waals surface area contributed by atoms with E-state index >= 15 is 0 Å². The fourth-order valence-corrected chi connectivity index (χ4v) is 2.51. The summed E-state index contributed by atoms with van der Waals surface area (Å²) >= 11 is 0. The predicted octanol–water partition coefficient (Wildman–Crippen LogP) is 4.82. The molecule has 0 heterocycles. The summed E-state index contributed by atoms with van der Waals surface area (Å²) in [5.41, 5.74) is 6.12. The van der Waals surface area contributed by atoms with Gasteiger partial charge in [0.2, 0.25) is 0 Å². The minimum absolute atomic E-state index is 0.127. The van der Waals surface area contributed by atoms with Crippen LogP contribution in [0, 0.1) is 0 Å². The molecule has 2 aromatic rings. The molecule has 0 spiro atoms. The summed E-state index contributed by atoms with van der Waals surface area (Å²) in [5.74, 6) is 0.887. The third kappa shape index (κ3) is 2.54. The normalized spacial score (nSPS) is 10.8. The van der Waals surface area contributed by atoms with E-state index in [-0.39, 0.29) is 5.41 Å². The maximum absolute atomic E-state index is 5.64. The Morgan fingerprint density at radius 3 is 2.35 bits per heavy atom. The molecule has 0 aliphatic carbocycles. The van der Waals surface area contributed by atoms with E-state index in [1.54, 1.807) is 7.11 Å². The summed E-state index contributed by atoms with van der Waals surface area (Å²) in [6.45, 7) is 8.07. The fraction of sp³-hybridized carbons (Fsp3) is 0.211. The molecule has 0 aliphatic rings. The summed E-state index contributed by atoms with van der Waals surface area (Å²) in [4.78, 5) is 0. The first-order valence-corrected chi connectivity index (χ1v) is 6.70. The molecular weight excluding hydrogens is 244 g/mol. The minimum Gasteiger partial charge on any atom is -0.496 e. The molecule has 0 aromatic heterocycles. The number of benzene rings is 2. The van der Waals surface area contributed by atoms with E-state index in [9.17, 15) is 0 Å². The van der Waals surface area contributed by atoms with Crippen LogP contribution in [0.2, 0.25) is 0 Å². The minimum atomic E-state index is -0.127. The van der Waals surface area contributed by atoms with Crippen LogP contribution in [0.4, 0.5) is 0 Å². The highest BCUT2D eigenvalue weighted by molar-refractivity contribution is 5.62. The van der Waals surface area contributed by atoms with Gasteiger partial charge < -0.3 is 4.74 Å². The van der Waals surface area contributed by atoms with Crippen LogP contribution in [0.5, 0.6) is 5.75 Å². The Kier molecular flexibility index (Phi) is 4.12. The van der Waals surface area contributed by atoms with Gasteiger partial charge in [0.05, 0.1) is 7.11 Å². The van der Waals surface area contributed by atoms with E-state index in [1.165, 1.54) is 5.56 Å². The van der Waals surface area contributed by atoms with Gasteiger partial charge in [-0.3, -0.25) is 0 Å². The van der Waals surface area contributed by atoms with Crippen LogP contribution in [-0.4, -0.2) is 7.11 Å². The topological polar surface area (TPSA) is 9.23 Å². The zero-order valence-electron chi connectivity index (χ0n) is 12.3. The molecule has 2 aromatic carbocycles. The standard InChI is InChI=1S/C19H20O/c1-5-10-15-11-9-14-17(18(15)20-4)19(2,3)16-12-7-6-8-13-16/h6-14H,1H2,2-4H3. The Hall–Kier alpha value is -2.24. The molecule has 20 heavy (non-hydrogen) atoms. The molecule has 102 valence electrons. The van der Waals surface area contributed by atoms with Crippen molar-refractivity contribution in [3.8, 4) is 5.75 Å². The smallest absolute Gasteiger partial charge is 0.130 e. The SMILES string of the molecule is C=C=Cc1cccc(C(C)(C)c2ccccc2)c1OC. The molecule has 0 radical (unpaired) electrons. The third-order valence-corrected chi connectivity index (χ3v) is 3.68. The maximum atomic E-state index is 5.64. The van der Waals surface area contributed by atoms with Crippen LogP contribution >= 0.6 is 0 Å². The van der Waals surface area contributed by atoms with Crippen LogP contribution in [0.15, 0.2) is 60.8 Å². The fourth-order valence-electron chi connectivity index (χ4n) is 2.51. The van der Waals surface area contributed by atoms with Crippen molar-refractivity contribution in [1.82, 2.24) is 0 Å². The Bertz CT molecular complexity index is 632. The van der Waals surface area contributed by atoms with Gasteiger partial charge in [-0.2, -0.15) is 0 Å². The molecule has 0 unspecified atom stereocenters. The lowest BCUT2D eigenvalue weighted by atomic mass is 9.77. The Balaban J connectivity index is 2.63. The molecule has 0 N–H and O–H groups in total. The summed E-state index contributed by atoms with van der Waals surface area (Å²) in [6.07, 6.45) is 1.85. The Labute approximate surface area is 121 Å². The van der Waals surface area contributed by atoms with Crippen molar-refractivity contribution in [1.29, 1.82) is 0 Å². The van der Waals surface area contributed by atoms with Crippen molar-refractivity contribution in [3.63, 3.8) is 0 Å². The highest BCUT2D eigenvalue weighted by atomic mass is 16.5. The van der Waals surface area contributed by atoms with Crippen molar-refractivity contribution in [2.24, 2.45) is 0 Å². The average molecular weight is 264 g/mol. The van der Waals surface area contributed by atoms with E-state index in [0.717, 1.165) is 16.9 Å². The molecule has 2 rings (SSSR count). The summed E-state index contributed by atoms with van der Waals surface area (Å²) in [6, 6.07) is 16.6. The van der Waals surface area contributed by atoms with Gasteiger partial charge >= 0.3 is 0 Å². The lowest BCUT2D eigenvalue weighted by Gasteiger charge is -2.28. The van der Waals surface area contributed by atoms with Crippen molar-refractivity contribution in [2.75, 3.05) is 7.11 Å². The number of ether oxygens (including phenoxy) is 1. The highest BCUT2D eigenvalue weighted by Crippen LogP contribution is 2.39. The van der Waals surface area contributed by atoms with Gasteiger partial charge in [-0.25, -0.2) is 0 Å². The van der Waals surface area contributed by atoms with Crippen molar-refractivity contribution >= 4 is 6.08 Å². The van der Waals surface area contributed by atoms with E-state index in [2.05, 4.69) is 56.5 Å². The van der Waals surface area contributed by atoms with Crippen molar-refractivity contribution in [2.45, 2.75) is 19.3 Å². The molecular formula is C19H20O. The van der Waals surface area contributed by atoms with Crippen LogP contribution in [0.3, 0.4) is 0 Å². The summed E-state index contributed by atoms with van der Waals surface area (Å²) in [5, 5.41) is 0. The molecule has 0 bridgehead atoms. The molecule has 0 fully saturated rings. The zero-order valence-corrected chi connectivity index (χ0v) is 12.3. The molecule has 0 saturated heterocycles. The summed E-state index contributed by atoms with van der Waals surface area (Å²) < 4.78 is 5.64. The van der Waals surface area contributed by atoms with E-state index in [1.807, 2.05) is 24.3 Å². The molecule has 0 amide bonds. The molecule has 0 aliphatic heterocycles. The predicted molar refractivity (Wildman–Crippen MR) is 85.2 cm³/mol. The Morgan fingerprint density at radius 1 is 1.05 bits per heavy atom. The van der Waals surface area contributed by atoms with Gasteiger partial charge in [0.15, 0.2) is 0 Å². The lowest BCUT2D eigenvalue weighted by Crippen LogP contribution is -2.20. The second-order valence-corrected chi connectivity index (χ2v) is 5.27. The van der Waals surface area contributed by atoms with Crippen LogP contribution in [-0.2, 0) is 5.41 Å². The second kappa shape index (κ2) is 5.81. The second-order valence-electron chi connectivity index (χ2n) is 5.27. The summed E-state index contributed by atoms with van der Waals surface area (Å²) in [7, 11) is 1.71. The first-order valence-electron chi connectivity index (χ1n) is 6.70. The van der Waals surface area contributed by atoms with E-state index in [0.29, 0.717) is 0 Å². The number of hydrogen-bond donors (Lipinski definition) is 0. The van der Waals surface area contributed by atoms with Crippen LogP contribution in [0.25, 0.3) is 6.08 Å². The molecule has 1 nitrogen and oxygen atoms in total. The molecule has 0 saturated carbocycles. The van der Waals surface area contributed by atoms with Gasteiger partial charge in [0, 0.05) is 16.5 Å². The zero-order chi connectivity index (χ0) is 14.6. The first-order chi connectivity index (χ1) is 9.61. The first kappa shape index (κ1) is 14.2. The van der Waals surface area contributed by atoms with Crippen LogP contribution in [0.1, 0.15) is 30.5 Å². The lowest BCUT2D eigenvalue weighted by molar-refractivity contribution is 0.400. The van der Waals surface area contributed by atoms with Gasteiger partial charge in [0.25, 0.3) is 0 Å². The molecule has 1 heteroatoms. The van der Waals surface area contributed by atoms with Crippen LogP contribution < -0.4 is 4.74 Å².